The van der Waals surface area contributed by atoms with Crippen molar-refractivity contribution < 1.29 is 4.52 Å². The van der Waals surface area contributed by atoms with Crippen molar-refractivity contribution in [3.05, 3.63) is 71.4 Å². The summed E-state index contributed by atoms with van der Waals surface area (Å²) in [4.78, 5) is 0. The molecule has 0 aliphatic carbocycles. The quantitative estimate of drug-likeness (QED) is 0.779. The summed E-state index contributed by atoms with van der Waals surface area (Å²) in [5.74, 6) is 0.854. The van der Waals surface area contributed by atoms with Gasteiger partial charge in [-0.25, -0.2) is 0 Å². The van der Waals surface area contributed by atoms with Crippen LogP contribution >= 0.6 is 0 Å². The number of aryl methyl sites for hydroxylation is 1. The van der Waals surface area contributed by atoms with Crippen LogP contribution in [0.3, 0.4) is 0 Å². The second-order valence-electron chi connectivity index (χ2n) is 5.15. The zero-order valence-corrected chi connectivity index (χ0v) is 12.3. The molecule has 108 valence electrons. The minimum absolute atomic E-state index is 0.689. The van der Waals surface area contributed by atoms with E-state index in [0.29, 0.717) is 6.54 Å². The van der Waals surface area contributed by atoms with Crippen molar-refractivity contribution in [1.29, 1.82) is 0 Å². The number of aromatic nitrogens is 2. The Kier molecular flexibility index (Phi) is 3.88. The molecule has 0 saturated carbocycles. The molecule has 0 bridgehead atoms. The van der Waals surface area contributed by atoms with Gasteiger partial charge in [0.1, 0.15) is 5.76 Å². The van der Waals surface area contributed by atoms with Gasteiger partial charge in [0.05, 0.1) is 12.7 Å². The van der Waals surface area contributed by atoms with Gasteiger partial charge in [0.2, 0.25) is 0 Å². The fourth-order valence-electron chi connectivity index (χ4n) is 2.64. The van der Waals surface area contributed by atoms with Crippen LogP contribution in [0.4, 0.5) is 0 Å². The number of hydrogen-bond acceptors (Lipinski definition) is 3. The minimum Gasteiger partial charge on any atom is -0.360 e. The standard InChI is InChI=1S/C17H19N3O/c1-13-10-15(11-18-12-17-8-9-19-21-17)14(2)20(13)16-6-4-3-5-7-16/h3-10,18H,11-12H2,1-2H3. The van der Waals surface area contributed by atoms with Crippen molar-refractivity contribution >= 4 is 0 Å². The van der Waals surface area contributed by atoms with Crippen LogP contribution in [0.2, 0.25) is 0 Å². The van der Waals surface area contributed by atoms with E-state index in [1.807, 2.05) is 12.1 Å². The summed E-state index contributed by atoms with van der Waals surface area (Å²) in [5, 5.41) is 7.09. The summed E-state index contributed by atoms with van der Waals surface area (Å²) in [6.07, 6.45) is 1.66. The van der Waals surface area contributed by atoms with Crippen LogP contribution in [0.1, 0.15) is 22.7 Å². The Morgan fingerprint density at radius 1 is 1.10 bits per heavy atom. The zero-order valence-electron chi connectivity index (χ0n) is 12.3. The highest BCUT2D eigenvalue weighted by atomic mass is 16.5. The van der Waals surface area contributed by atoms with Crippen molar-refractivity contribution in [3.8, 4) is 5.69 Å². The summed E-state index contributed by atoms with van der Waals surface area (Å²) in [6.45, 7) is 5.80. The molecule has 3 aromatic rings. The van der Waals surface area contributed by atoms with Crippen LogP contribution < -0.4 is 5.32 Å². The van der Waals surface area contributed by atoms with E-state index in [9.17, 15) is 0 Å². The molecule has 0 unspecified atom stereocenters. The van der Waals surface area contributed by atoms with Gasteiger partial charge in [0.25, 0.3) is 0 Å². The molecular formula is C17H19N3O. The van der Waals surface area contributed by atoms with E-state index in [0.717, 1.165) is 12.3 Å². The predicted molar refractivity (Wildman–Crippen MR) is 82.3 cm³/mol. The van der Waals surface area contributed by atoms with Crippen LogP contribution in [0, 0.1) is 13.8 Å². The first-order valence-electron chi connectivity index (χ1n) is 7.09. The molecule has 4 heteroatoms. The lowest BCUT2D eigenvalue weighted by molar-refractivity contribution is 0.372. The SMILES string of the molecule is Cc1cc(CNCc2ccno2)c(C)n1-c1ccccc1. The summed E-state index contributed by atoms with van der Waals surface area (Å²) < 4.78 is 7.37. The molecule has 0 aliphatic heterocycles. The van der Waals surface area contributed by atoms with Crippen molar-refractivity contribution in [2.24, 2.45) is 0 Å². The van der Waals surface area contributed by atoms with Gasteiger partial charge in [0.15, 0.2) is 0 Å². The molecule has 0 saturated heterocycles. The Labute approximate surface area is 124 Å². The average molecular weight is 281 g/mol. The van der Waals surface area contributed by atoms with E-state index < -0.39 is 0 Å². The Hall–Kier alpha value is -2.33. The fourth-order valence-corrected chi connectivity index (χ4v) is 2.64. The molecular weight excluding hydrogens is 262 g/mol. The molecule has 2 aromatic heterocycles. The average Bonchev–Trinajstić information content (AvgIpc) is 3.09. The number of benzene rings is 1. The molecule has 2 heterocycles. The van der Waals surface area contributed by atoms with Gasteiger partial charge < -0.3 is 14.4 Å². The number of nitrogens with zero attached hydrogens (tertiary/aromatic N) is 2. The van der Waals surface area contributed by atoms with Crippen LogP contribution in [0.25, 0.3) is 5.69 Å². The van der Waals surface area contributed by atoms with E-state index in [1.54, 1.807) is 6.20 Å². The van der Waals surface area contributed by atoms with Gasteiger partial charge in [-0.05, 0) is 37.6 Å². The molecule has 3 rings (SSSR count). The van der Waals surface area contributed by atoms with Crippen molar-refractivity contribution in [2.75, 3.05) is 0 Å². The fraction of sp³-hybridized carbons (Fsp3) is 0.235. The minimum atomic E-state index is 0.689. The van der Waals surface area contributed by atoms with Gasteiger partial charge >= 0.3 is 0 Å². The molecule has 0 amide bonds. The monoisotopic (exact) mass is 281 g/mol. The van der Waals surface area contributed by atoms with Crippen molar-refractivity contribution in [2.45, 2.75) is 26.9 Å². The molecule has 0 fully saturated rings. The van der Waals surface area contributed by atoms with Gasteiger partial charge in [-0.1, -0.05) is 23.4 Å². The van der Waals surface area contributed by atoms with E-state index >= 15 is 0 Å². The van der Waals surface area contributed by atoms with Gasteiger partial charge in [-0.3, -0.25) is 0 Å². The van der Waals surface area contributed by atoms with Gasteiger partial charge in [-0.2, -0.15) is 0 Å². The maximum Gasteiger partial charge on any atom is 0.150 e. The van der Waals surface area contributed by atoms with E-state index in [4.69, 9.17) is 4.52 Å². The molecule has 1 aromatic carbocycles. The highest BCUT2D eigenvalue weighted by Gasteiger charge is 2.10. The lowest BCUT2D eigenvalue weighted by atomic mass is 10.2. The van der Waals surface area contributed by atoms with Crippen LogP contribution in [-0.2, 0) is 13.1 Å². The molecule has 4 nitrogen and oxygen atoms in total. The molecule has 21 heavy (non-hydrogen) atoms. The largest absolute Gasteiger partial charge is 0.360 e. The van der Waals surface area contributed by atoms with Crippen molar-refractivity contribution in [3.63, 3.8) is 0 Å². The highest BCUT2D eigenvalue weighted by Crippen LogP contribution is 2.20. The summed E-state index contributed by atoms with van der Waals surface area (Å²) in [6, 6.07) is 14.5. The summed E-state index contributed by atoms with van der Waals surface area (Å²) in [7, 11) is 0. The Morgan fingerprint density at radius 3 is 2.62 bits per heavy atom. The number of para-hydroxylation sites is 1. The maximum absolute atomic E-state index is 5.08. The van der Waals surface area contributed by atoms with Crippen molar-refractivity contribution in [1.82, 2.24) is 15.0 Å². The van der Waals surface area contributed by atoms with Gasteiger partial charge in [0, 0.05) is 29.7 Å². The molecule has 1 N–H and O–H groups in total. The number of rotatable bonds is 5. The van der Waals surface area contributed by atoms with Crippen LogP contribution in [-0.4, -0.2) is 9.72 Å². The first kappa shape index (κ1) is 13.6. The lowest BCUT2D eigenvalue weighted by Crippen LogP contribution is -2.12. The second-order valence-corrected chi connectivity index (χ2v) is 5.15. The van der Waals surface area contributed by atoms with E-state index in [1.165, 1.54) is 22.6 Å². The third kappa shape index (κ3) is 2.90. The molecule has 0 aliphatic rings. The van der Waals surface area contributed by atoms with E-state index in [2.05, 4.69) is 59.2 Å². The predicted octanol–water partition coefficient (Wildman–Crippen LogP) is 3.37. The topological polar surface area (TPSA) is 43.0 Å². The molecule has 0 spiro atoms. The second kappa shape index (κ2) is 5.97. The Morgan fingerprint density at radius 2 is 1.90 bits per heavy atom. The zero-order chi connectivity index (χ0) is 14.7. The molecule has 0 atom stereocenters. The van der Waals surface area contributed by atoms with Crippen LogP contribution in [0.15, 0.2) is 53.2 Å². The number of hydrogen-bond donors (Lipinski definition) is 1. The molecule has 0 radical (unpaired) electrons. The first-order valence-corrected chi connectivity index (χ1v) is 7.09. The third-order valence-corrected chi connectivity index (χ3v) is 3.66. The lowest BCUT2D eigenvalue weighted by Gasteiger charge is -2.10. The smallest absolute Gasteiger partial charge is 0.150 e. The van der Waals surface area contributed by atoms with Gasteiger partial charge in [-0.15, -0.1) is 0 Å². The summed E-state index contributed by atoms with van der Waals surface area (Å²) in [5.41, 5.74) is 5.02. The maximum atomic E-state index is 5.08. The summed E-state index contributed by atoms with van der Waals surface area (Å²) >= 11 is 0. The highest BCUT2D eigenvalue weighted by molar-refractivity contribution is 5.40. The normalized spacial score (nSPS) is 11.0. The Balaban J connectivity index is 1.75. The third-order valence-electron chi connectivity index (χ3n) is 3.66. The number of nitrogens with one attached hydrogen (secondary N) is 1. The first-order chi connectivity index (χ1) is 10.3. The van der Waals surface area contributed by atoms with Crippen LogP contribution in [0.5, 0.6) is 0 Å². The van der Waals surface area contributed by atoms with E-state index in [-0.39, 0.29) is 0 Å². The Bertz CT molecular complexity index is 699.